The number of aromatic nitrogens is 1. The van der Waals surface area contributed by atoms with Gasteiger partial charge in [0.15, 0.2) is 0 Å². The van der Waals surface area contributed by atoms with Crippen LogP contribution in [0.1, 0.15) is 29.7 Å². The van der Waals surface area contributed by atoms with E-state index < -0.39 is 0 Å². The Morgan fingerprint density at radius 2 is 1.69 bits per heavy atom. The largest absolute Gasteiger partial charge is 0.320 e. The number of rotatable bonds is 5. The average molecular weight is 345 g/mol. The highest BCUT2D eigenvalue weighted by atomic mass is 15.1. The van der Waals surface area contributed by atoms with Gasteiger partial charge in [0.05, 0.1) is 0 Å². The van der Waals surface area contributed by atoms with Gasteiger partial charge in [-0.2, -0.15) is 0 Å². The Morgan fingerprint density at radius 1 is 0.885 bits per heavy atom. The highest BCUT2D eigenvalue weighted by Crippen LogP contribution is 2.24. The monoisotopic (exact) mass is 344 g/mol. The molecular weight excluding hydrogens is 316 g/mol. The van der Waals surface area contributed by atoms with Crippen LogP contribution in [-0.2, 0) is 13.0 Å². The third kappa shape index (κ3) is 4.08. The first-order chi connectivity index (χ1) is 12.8. The Hall–Kier alpha value is -2.32. The van der Waals surface area contributed by atoms with Gasteiger partial charge in [-0.25, -0.2) is 0 Å². The minimum atomic E-state index is 0.831. The number of benzene rings is 2. The van der Waals surface area contributed by atoms with E-state index in [9.17, 15) is 0 Å². The van der Waals surface area contributed by atoms with Crippen molar-refractivity contribution in [1.82, 2.24) is 9.47 Å². The van der Waals surface area contributed by atoms with Crippen LogP contribution in [0.5, 0.6) is 0 Å². The molecule has 2 heteroatoms. The van der Waals surface area contributed by atoms with Gasteiger partial charge in [-0.05, 0) is 80.6 Å². The van der Waals surface area contributed by atoms with E-state index in [1.807, 2.05) is 0 Å². The molecule has 2 aromatic carbocycles. The molecule has 1 aliphatic heterocycles. The van der Waals surface area contributed by atoms with Crippen molar-refractivity contribution in [2.75, 3.05) is 13.1 Å². The average Bonchev–Trinajstić information content (AvgIpc) is 3.12. The third-order valence-electron chi connectivity index (χ3n) is 5.57. The molecule has 4 rings (SSSR count). The third-order valence-corrected chi connectivity index (χ3v) is 5.57. The van der Waals surface area contributed by atoms with E-state index in [0.717, 1.165) is 12.5 Å². The summed E-state index contributed by atoms with van der Waals surface area (Å²) in [6.45, 7) is 5.61. The predicted molar refractivity (Wildman–Crippen MR) is 109 cm³/mol. The first kappa shape index (κ1) is 17.1. The summed E-state index contributed by atoms with van der Waals surface area (Å²) in [4.78, 5) is 2.61. The van der Waals surface area contributed by atoms with Crippen molar-refractivity contribution in [1.29, 1.82) is 0 Å². The van der Waals surface area contributed by atoms with Gasteiger partial charge < -0.3 is 4.57 Å². The van der Waals surface area contributed by atoms with Crippen molar-refractivity contribution in [3.05, 3.63) is 89.7 Å². The van der Waals surface area contributed by atoms with Crippen LogP contribution in [0.25, 0.3) is 5.69 Å². The molecule has 0 amide bonds. The zero-order valence-electron chi connectivity index (χ0n) is 15.6. The van der Waals surface area contributed by atoms with Crippen molar-refractivity contribution in [2.45, 2.75) is 32.7 Å². The van der Waals surface area contributed by atoms with E-state index in [2.05, 4.69) is 89.3 Å². The molecule has 0 atom stereocenters. The van der Waals surface area contributed by atoms with Crippen LogP contribution in [0.4, 0.5) is 0 Å². The number of aryl methyl sites for hydroxylation is 1. The van der Waals surface area contributed by atoms with Gasteiger partial charge in [-0.1, -0.05) is 42.5 Å². The zero-order chi connectivity index (χ0) is 17.8. The van der Waals surface area contributed by atoms with Crippen LogP contribution in [0.2, 0.25) is 0 Å². The number of piperidine rings is 1. The number of nitrogens with zero attached hydrogens (tertiary/aromatic N) is 2. The number of hydrogen-bond donors (Lipinski definition) is 0. The van der Waals surface area contributed by atoms with Crippen molar-refractivity contribution >= 4 is 0 Å². The molecule has 3 aromatic rings. The van der Waals surface area contributed by atoms with E-state index in [1.54, 1.807) is 0 Å². The Morgan fingerprint density at radius 3 is 2.46 bits per heavy atom. The predicted octanol–water partition coefficient (Wildman–Crippen LogP) is 5.24. The summed E-state index contributed by atoms with van der Waals surface area (Å²) < 4.78 is 2.34. The zero-order valence-corrected chi connectivity index (χ0v) is 15.6. The van der Waals surface area contributed by atoms with E-state index in [-0.39, 0.29) is 0 Å². The van der Waals surface area contributed by atoms with Gasteiger partial charge in [0, 0.05) is 24.1 Å². The smallest absolute Gasteiger partial charge is 0.0455 e. The first-order valence-electron chi connectivity index (χ1n) is 9.77. The molecule has 26 heavy (non-hydrogen) atoms. The molecule has 1 aromatic heterocycles. The Labute approximate surface area is 157 Å². The van der Waals surface area contributed by atoms with Crippen molar-refractivity contribution in [3.8, 4) is 5.69 Å². The molecule has 0 N–H and O–H groups in total. The Balaban J connectivity index is 1.36. The minimum absolute atomic E-state index is 0.831. The second-order valence-corrected chi connectivity index (χ2v) is 7.62. The molecule has 2 nitrogen and oxygen atoms in total. The highest BCUT2D eigenvalue weighted by Gasteiger charge is 2.20. The molecule has 2 heterocycles. The van der Waals surface area contributed by atoms with E-state index in [1.165, 1.54) is 54.9 Å². The Kier molecular flexibility index (Phi) is 5.21. The minimum Gasteiger partial charge on any atom is -0.320 e. The maximum atomic E-state index is 2.61. The van der Waals surface area contributed by atoms with Gasteiger partial charge in [-0.15, -0.1) is 0 Å². The van der Waals surface area contributed by atoms with Crippen LogP contribution >= 0.6 is 0 Å². The molecular formula is C24H28N2. The molecule has 1 saturated heterocycles. The van der Waals surface area contributed by atoms with Crippen LogP contribution in [-0.4, -0.2) is 22.6 Å². The maximum absolute atomic E-state index is 2.61. The lowest BCUT2D eigenvalue weighted by Crippen LogP contribution is -2.34. The first-order valence-corrected chi connectivity index (χ1v) is 9.77. The second kappa shape index (κ2) is 7.92. The SMILES string of the molecule is Cc1cccc(-n2cccc2CN2CCC(Cc3ccccc3)CC2)c1. The highest BCUT2D eigenvalue weighted by molar-refractivity contribution is 5.38. The summed E-state index contributed by atoms with van der Waals surface area (Å²) in [6.07, 6.45) is 6.03. The lowest BCUT2D eigenvalue weighted by atomic mass is 9.90. The molecule has 0 aliphatic carbocycles. The van der Waals surface area contributed by atoms with E-state index in [0.29, 0.717) is 0 Å². The molecule has 0 bridgehead atoms. The van der Waals surface area contributed by atoms with Gasteiger partial charge in [0.25, 0.3) is 0 Å². The van der Waals surface area contributed by atoms with Gasteiger partial charge in [-0.3, -0.25) is 4.90 Å². The van der Waals surface area contributed by atoms with E-state index >= 15 is 0 Å². The van der Waals surface area contributed by atoms with Crippen LogP contribution in [0, 0.1) is 12.8 Å². The maximum Gasteiger partial charge on any atom is 0.0455 e. The quantitative estimate of drug-likeness (QED) is 0.614. The molecule has 0 saturated carbocycles. The topological polar surface area (TPSA) is 8.17 Å². The molecule has 1 fully saturated rings. The van der Waals surface area contributed by atoms with Crippen LogP contribution in [0.15, 0.2) is 72.9 Å². The second-order valence-electron chi connectivity index (χ2n) is 7.62. The molecule has 0 unspecified atom stereocenters. The van der Waals surface area contributed by atoms with Gasteiger partial charge >= 0.3 is 0 Å². The lowest BCUT2D eigenvalue weighted by Gasteiger charge is -2.32. The standard InChI is InChI=1S/C24H28N2/c1-20-7-5-10-23(17-20)26-14-6-11-24(26)19-25-15-12-22(13-16-25)18-21-8-3-2-4-9-21/h2-11,14,17,22H,12-13,15-16,18-19H2,1H3. The molecule has 0 radical (unpaired) electrons. The molecule has 134 valence electrons. The fourth-order valence-corrected chi connectivity index (χ4v) is 4.10. The molecule has 1 aliphatic rings. The number of hydrogen-bond acceptors (Lipinski definition) is 1. The van der Waals surface area contributed by atoms with Gasteiger partial charge in [0.2, 0.25) is 0 Å². The van der Waals surface area contributed by atoms with Crippen LogP contribution in [0.3, 0.4) is 0 Å². The lowest BCUT2D eigenvalue weighted by molar-refractivity contribution is 0.174. The summed E-state index contributed by atoms with van der Waals surface area (Å²) in [6, 6.07) is 24.1. The number of likely N-dealkylation sites (tertiary alicyclic amines) is 1. The van der Waals surface area contributed by atoms with Crippen molar-refractivity contribution < 1.29 is 0 Å². The van der Waals surface area contributed by atoms with Crippen molar-refractivity contribution in [3.63, 3.8) is 0 Å². The Bertz CT molecular complexity index is 826. The summed E-state index contributed by atoms with van der Waals surface area (Å²) in [5.41, 5.74) is 5.45. The summed E-state index contributed by atoms with van der Waals surface area (Å²) >= 11 is 0. The summed E-state index contributed by atoms with van der Waals surface area (Å²) in [7, 11) is 0. The molecule has 0 spiro atoms. The van der Waals surface area contributed by atoms with Gasteiger partial charge in [0.1, 0.15) is 0 Å². The fourth-order valence-electron chi connectivity index (χ4n) is 4.10. The summed E-state index contributed by atoms with van der Waals surface area (Å²) in [5.74, 6) is 0.831. The van der Waals surface area contributed by atoms with Crippen molar-refractivity contribution in [2.24, 2.45) is 5.92 Å². The van der Waals surface area contributed by atoms with E-state index in [4.69, 9.17) is 0 Å². The van der Waals surface area contributed by atoms with Crippen LogP contribution < -0.4 is 0 Å². The normalized spacial score (nSPS) is 16.0. The summed E-state index contributed by atoms with van der Waals surface area (Å²) in [5, 5.41) is 0. The fraction of sp³-hybridized carbons (Fsp3) is 0.333.